The molecule has 0 aliphatic heterocycles. The van der Waals surface area contributed by atoms with Gasteiger partial charge < -0.3 is 5.32 Å². The summed E-state index contributed by atoms with van der Waals surface area (Å²) in [6, 6.07) is 18.3. The first-order valence-electron chi connectivity index (χ1n) is 7.62. The summed E-state index contributed by atoms with van der Waals surface area (Å²) in [5, 5.41) is 8.72. The van der Waals surface area contributed by atoms with Gasteiger partial charge in [-0.15, -0.1) is 0 Å². The minimum absolute atomic E-state index is 0.162. The van der Waals surface area contributed by atoms with Crippen molar-refractivity contribution in [1.82, 2.24) is 5.43 Å². The molecule has 2 N–H and O–H groups in total. The van der Waals surface area contributed by atoms with E-state index in [-0.39, 0.29) is 15.7 Å². The van der Waals surface area contributed by atoms with Crippen LogP contribution in [0.3, 0.4) is 0 Å². The van der Waals surface area contributed by atoms with Gasteiger partial charge in [-0.05, 0) is 22.9 Å². The summed E-state index contributed by atoms with van der Waals surface area (Å²) in [5.41, 5.74) is 3.26. The molecular weight excluding hydrogens is 373 g/mol. The first-order chi connectivity index (χ1) is 12.6. The number of benzene rings is 3. The molecule has 0 saturated heterocycles. The molecule has 7 heteroatoms. The van der Waals surface area contributed by atoms with Gasteiger partial charge in [-0.1, -0.05) is 71.7 Å². The summed E-state index contributed by atoms with van der Waals surface area (Å²) in [4.78, 5) is 23.8. The van der Waals surface area contributed by atoms with Crippen LogP contribution in [0.1, 0.15) is 5.56 Å². The number of hydrogen-bond acceptors (Lipinski definition) is 3. The zero-order valence-corrected chi connectivity index (χ0v) is 14.9. The van der Waals surface area contributed by atoms with Gasteiger partial charge >= 0.3 is 11.8 Å². The summed E-state index contributed by atoms with van der Waals surface area (Å²) >= 11 is 11.8. The fourth-order valence-electron chi connectivity index (χ4n) is 2.35. The van der Waals surface area contributed by atoms with Crippen molar-refractivity contribution < 1.29 is 9.59 Å². The van der Waals surface area contributed by atoms with Crippen LogP contribution >= 0.6 is 23.2 Å². The zero-order chi connectivity index (χ0) is 18.5. The third-order valence-electron chi connectivity index (χ3n) is 3.60. The molecule has 0 aliphatic carbocycles. The molecule has 3 aromatic rings. The van der Waals surface area contributed by atoms with Crippen LogP contribution in [0.4, 0.5) is 5.69 Å². The van der Waals surface area contributed by atoms with E-state index >= 15 is 0 Å². The number of hydrogen-bond donors (Lipinski definition) is 2. The molecule has 0 unspecified atom stereocenters. The smallest absolute Gasteiger partial charge is 0.316 e. The maximum absolute atomic E-state index is 11.9. The third kappa shape index (κ3) is 4.02. The van der Waals surface area contributed by atoms with Crippen molar-refractivity contribution >= 4 is 57.7 Å². The maximum Gasteiger partial charge on any atom is 0.329 e. The van der Waals surface area contributed by atoms with Crippen LogP contribution in [-0.2, 0) is 9.59 Å². The SMILES string of the molecule is O=C(NN=Cc1cccc2ccccc12)C(=O)Nc1cccc(Cl)c1Cl. The number of halogens is 2. The minimum Gasteiger partial charge on any atom is -0.316 e. The second kappa shape index (κ2) is 7.99. The van der Waals surface area contributed by atoms with Gasteiger partial charge in [-0.3, -0.25) is 9.59 Å². The monoisotopic (exact) mass is 385 g/mol. The molecule has 3 rings (SSSR count). The molecule has 0 radical (unpaired) electrons. The Labute approximate surface area is 159 Å². The summed E-state index contributed by atoms with van der Waals surface area (Å²) in [6.45, 7) is 0. The van der Waals surface area contributed by atoms with Crippen molar-refractivity contribution in [2.45, 2.75) is 0 Å². The number of carbonyl (C=O) groups is 2. The Morgan fingerprint density at radius 2 is 1.62 bits per heavy atom. The number of anilines is 1. The number of fused-ring (bicyclic) bond motifs is 1. The Kier molecular flexibility index (Phi) is 5.51. The van der Waals surface area contributed by atoms with E-state index < -0.39 is 11.8 Å². The fraction of sp³-hybridized carbons (Fsp3) is 0. The number of hydrazone groups is 1. The molecule has 0 atom stereocenters. The molecule has 5 nitrogen and oxygen atoms in total. The van der Waals surface area contributed by atoms with E-state index in [0.29, 0.717) is 0 Å². The Bertz CT molecular complexity index is 1010. The topological polar surface area (TPSA) is 70.6 Å². The molecule has 130 valence electrons. The normalized spacial score (nSPS) is 10.8. The van der Waals surface area contributed by atoms with Crippen molar-refractivity contribution in [1.29, 1.82) is 0 Å². The highest BCUT2D eigenvalue weighted by Gasteiger charge is 2.15. The van der Waals surface area contributed by atoms with Crippen molar-refractivity contribution in [3.05, 3.63) is 76.3 Å². The van der Waals surface area contributed by atoms with Crippen molar-refractivity contribution in [3.63, 3.8) is 0 Å². The molecule has 2 amide bonds. The van der Waals surface area contributed by atoms with Gasteiger partial charge in [-0.2, -0.15) is 5.10 Å². The Balaban J connectivity index is 1.67. The van der Waals surface area contributed by atoms with Crippen molar-refractivity contribution in [3.8, 4) is 0 Å². The van der Waals surface area contributed by atoms with Crippen LogP contribution in [0.5, 0.6) is 0 Å². The van der Waals surface area contributed by atoms with Crippen molar-refractivity contribution in [2.75, 3.05) is 5.32 Å². The van der Waals surface area contributed by atoms with E-state index in [0.717, 1.165) is 16.3 Å². The first-order valence-corrected chi connectivity index (χ1v) is 8.38. The van der Waals surface area contributed by atoms with Crippen LogP contribution in [-0.4, -0.2) is 18.0 Å². The molecule has 0 spiro atoms. The summed E-state index contributed by atoms with van der Waals surface area (Å²) in [7, 11) is 0. The number of amides is 2. The van der Waals surface area contributed by atoms with E-state index in [1.807, 2.05) is 42.5 Å². The Morgan fingerprint density at radius 3 is 2.46 bits per heavy atom. The van der Waals surface area contributed by atoms with Gasteiger partial charge in [0.05, 0.1) is 21.9 Å². The lowest BCUT2D eigenvalue weighted by atomic mass is 10.1. The van der Waals surface area contributed by atoms with E-state index in [1.54, 1.807) is 18.2 Å². The number of nitrogens with zero attached hydrogens (tertiary/aromatic N) is 1. The number of nitrogens with one attached hydrogen (secondary N) is 2. The van der Waals surface area contributed by atoms with E-state index in [4.69, 9.17) is 23.2 Å². The molecule has 0 bridgehead atoms. The van der Waals surface area contributed by atoms with Crippen molar-refractivity contribution in [2.24, 2.45) is 5.10 Å². The number of carbonyl (C=O) groups excluding carboxylic acids is 2. The minimum atomic E-state index is -0.919. The zero-order valence-electron chi connectivity index (χ0n) is 13.4. The van der Waals surface area contributed by atoms with E-state index in [2.05, 4.69) is 15.8 Å². The van der Waals surface area contributed by atoms with Gasteiger partial charge in [0.15, 0.2) is 0 Å². The molecule has 0 heterocycles. The lowest BCUT2D eigenvalue weighted by Crippen LogP contribution is -2.32. The van der Waals surface area contributed by atoms with Gasteiger partial charge in [0.1, 0.15) is 0 Å². The number of rotatable bonds is 3. The standard InChI is InChI=1S/C19H13Cl2N3O2/c20-15-9-4-10-16(17(15)21)23-18(25)19(26)24-22-11-13-7-3-6-12-5-1-2-8-14(12)13/h1-11H,(H,23,25)(H,24,26). The van der Waals surface area contributed by atoms with Gasteiger partial charge in [0.2, 0.25) is 0 Å². The molecular formula is C19H13Cl2N3O2. The predicted molar refractivity (Wildman–Crippen MR) is 105 cm³/mol. The van der Waals surface area contributed by atoms with E-state index in [1.165, 1.54) is 6.21 Å². The summed E-state index contributed by atoms with van der Waals surface area (Å²) in [6.07, 6.45) is 1.49. The van der Waals surface area contributed by atoms with Crippen LogP contribution in [0.2, 0.25) is 10.0 Å². The van der Waals surface area contributed by atoms with Gasteiger partial charge in [-0.25, -0.2) is 5.43 Å². The second-order valence-corrected chi connectivity index (χ2v) is 6.11. The molecule has 0 fully saturated rings. The maximum atomic E-state index is 11.9. The Hall–Kier alpha value is -2.89. The second-order valence-electron chi connectivity index (χ2n) is 5.32. The molecule has 3 aromatic carbocycles. The van der Waals surface area contributed by atoms with Gasteiger partial charge in [0, 0.05) is 5.56 Å². The quantitative estimate of drug-likeness (QED) is 0.402. The summed E-state index contributed by atoms with van der Waals surface area (Å²) < 4.78 is 0. The molecule has 26 heavy (non-hydrogen) atoms. The van der Waals surface area contributed by atoms with Crippen LogP contribution in [0.15, 0.2) is 65.8 Å². The van der Waals surface area contributed by atoms with Crippen LogP contribution in [0, 0.1) is 0 Å². The molecule has 0 aromatic heterocycles. The van der Waals surface area contributed by atoms with Gasteiger partial charge in [0.25, 0.3) is 0 Å². The lowest BCUT2D eigenvalue weighted by Gasteiger charge is -2.07. The van der Waals surface area contributed by atoms with E-state index in [9.17, 15) is 9.59 Å². The highest BCUT2D eigenvalue weighted by molar-refractivity contribution is 6.45. The third-order valence-corrected chi connectivity index (χ3v) is 4.42. The predicted octanol–water partition coefficient (Wildman–Crippen LogP) is 4.24. The molecule has 0 saturated carbocycles. The summed E-state index contributed by atoms with van der Waals surface area (Å²) in [5.74, 6) is -1.82. The highest BCUT2D eigenvalue weighted by atomic mass is 35.5. The average Bonchev–Trinajstić information content (AvgIpc) is 2.65. The molecule has 0 aliphatic rings. The van der Waals surface area contributed by atoms with Crippen LogP contribution < -0.4 is 10.7 Å². The largest absolute Gasteiger partial charge is 0.329 e. The first kappa shape index (κ1) is 17.9. The lowest BCUT2D eigenvalue weighted by molar-refractivity contribution is -0.136. The highest BCUT2D eigenvalue weighted by Crippen LogP contribution is 2.29. The Morgan fingerprint density at radius 1 is 0.885 bits per heavy atom. The van der Waals surface area contributed by atoms with Crippen LogP contribution in [0.25, 0.3) is 10.8 Å². The fourth-order valence-corrected chi connectivity index (χ4v) is 2.70. The average molecular weight is 386 g/mol.